The fraction of sp³-hybridized carbons (Fsp3) is 0.200. The maximum atomic E-state index is 12.6. The van der Waals surface area contributed by atoms with Crippen molar-refractivity contribution in [3.63, 3.8) is 0 Å². The first-order valence-electron chi connectivity index (χ1n) is 8.64. The molecule has 0 atom stereocenters. The number of aromatic nitrogens is 2. The Morgan fingerprint density at radius 1 is 1.00 bits per heavy atom. The summed E-state index contributed by atoms with van der Waals surface area (Å²) < 4.78 is 33.1. The van der Waals surface area contributed by atoms with Crippen LogP contribution in [0.1, 0.15) is 18.9 Å². The quantitative estimate of drug-likeness (QED) is 0.666. The Morgan fingerprint density at radius 3 is 2.44 bits per heavy atom. The van der Waals surface area contributed by atoms with Crippen molar-refractivity contribution in [1.82, 2.24) is 10.2 Å². The number of hydrogen-bond donors (Lipinski definition) is 1. The second kappa shape index (κ2) is 8.18. The predicted octanol–water partition coefficient (Wildman–Crippen LogP) is 4.04. The molecular weight excluding hydrogens is 362 g/mol. The average molecular weight is 383 g/mol. The van der Waals surface area contributed by atoms with Crippen molar-refractivity contribution in [2.24, 2.45) is 0 Å². The normalized spacial score (nSPS) is 11.2. The summed E-state index contributed by atoms with van der Waals surface area (Å²) in [7, 11) is -3.65. The molecular formula is C20H21N3O3S. The molecule has 1 heterocycles. The van der Waals surface area contributed by atoms with Crippen LogP contribution in [0.15, 0.2) is 65.6 Å². The number of nitrogens with one attached hydrogen (secondary N) is 1. The van der Waals surface area contributed by atoms with Crippen LogP contribution >= 0.6 is 0 Å². The summed E-state index contributed by atoms with van der Waals surface area (Å²) in [6.45, 7) is 4.52. The summed E-state index contributed by atoms with van der Waals surface area (Å²) in [6.07, 6.45) is 0.895. The van der Waals surface area contributed by atoms with Crippen molar-refractivity contribution in [2.45, 2.75) is 25.2 Å². The first kappa shape index (κ1) is 18.8. The van der Waals surface area contributed by atoms with Gasteiger partial charge in [0.2, 0.25) is 5.88 Å². The van der Waals surface area contributed by atoms with E-state index >= 15 is 0 Å². The highest BCUT2D eigenvalue weighted by Crippen LogP contribution is 2.23. The minimum atomic E-state index is -3.65. The minimum Gasteiger partial charge on any atom is -0.477 e. The molecule has 0 aliphatic carbocycles. The zero-order valence-electron chi connectivity index (χ0n) is 15.2. The summed E-state index contributed by atoms with van der Waals surface area (Å²) >= 11 is 0. The van der Waals surface area contributed by atoms with Crippen LogP contribution in [-0.4, -0.2) is 25.2 Å². The van der Waals surface area contributed by atoms with Crippen molar-refractivity contribution in [3.05, 3.63) is 66.2 Å². The van der Waals surface area contributed by atoms with E-state index < -0.39 is 10.0 Å². The smallest absolute Gasteiger partial charge is 0.261 e. The molecule has 6 nitrogen and oxygen atoms in total. The van der Waals surface area contributed by atoms with Crippen LogP contribution in [0.2, 0.25) is 0 Å². The summed E-state index contributed by atoms with van der Waals surface area (Å²) in [4.78, 5) is 0.218. The van der Waals surface area contributed by atoms with Crippen LogP contribution in [0.5, 0.6) is 5.88 Å². The number of anilines is 1. The van der Waals surface area contributed by atoms with E-state index in [4.69, 9.17) is 4.74 Å². The molecule has 0 amide bonds. The van der Waals surface area contributed by atoms with Crippen LogP contribution in [-0.2, 0) is 10.0 Å². The number of sulfonamides is 1. The van der Waals surface area contributed by atoms with Gasteiger partial charge in [-0.3, -0.25) is 4.72 Å². The molecule has 2 aromatic carbocycles. The van der Waals surface area contributed by atoms with Crippen LogP contribution in [0.25, 0.3) is 11.3 Å². The van der Waals surface area contributed by atoms with Gasteiger partial charge in [-0.15, -0.1) is 10.2 Å². The standard InChI is InChI=1S/C20H21N3O3S/c1-3-13-26-20-12-11-19(21-22-20)16-5-4-6-17(14-16)23-27(24,25)18-9-7-15(2)8-10-18/h4-12,14,23H,3,13H2,1-2H3. The van der Waals surface area contributed by atoms with Crippen LogP contribution in [0.3, 0.4) is 0 Å². The summed E-state index contributed by atoms with van der Waals surface area (Å²) in [5.41, 5.74) is 2.85. The highest BCUT2D eigenvalue weighted by molar-refractivity contribution is 7.92. The number of benzene rings is 2. The molecule has 0 spiro atoms. The lowest BCUT2D eigenvalue weighted by Crippen LogP contribution is -2.12. The molecule has 0 fully saturated rings. The van der Waals surface area contributed by atoms with Gasteiger partial charge in [-0.25, -0.2) is 8.42 Å². The molecule has 1 N–H and O–H groups in total. The van der Waals surface area contributed by atoms with Crippen molar-refractivity contribution in [1.29, 1.82) is 0 Å². The highest BCUT2D eigenvalue weighted by atomic mass is 32.2. The van der Waals surface area contributed by atoms with Gasteiger partial charge in [-0.2, -0.15) is 0 Å². The van der Waals surface area contributed by atoms with Gasteiger partial charge in [-0.1, -0.05) is 36.8 Å². The fourth-order valence-corrected chi connectivity index (χ4v) is 3.48. The Balaban J connectivity index is 1.80. The van der Waals surface area contributed by atoms with Gasteiger partial charge in [0.25, 0.3) is 10.0 Å². The molecule has 140 valence electrons. The van der Waals surface area contributed by atoms with Gasteiger partial charge in [0.05, 0.1) is 17.2 Å². The Hall–Kier alpha value is -2.93. The third kappa shape index (κ3) is 4.83. The first-order valence-corrected chi connectivity index (χ1v) is 10.1. The molecule has 0 radical (unpaired) electrons. The predicted molar refractivity (Wildman–Crippen MR) is 105 cm³/mol. The summed E-state index contributed by atoms with van der Waals surface area (Å²) in [6, 6.07) is 17.3. The third-order valence-electron chi connectivity index (χ3n) is 3.84. The van der Waals surface area contributed by atoms with Gasteiger partial charge < -0.3 is 4.74 Å². The van der Waals surface area contributed by atoms with E-state index in [1.165, 1.54) is 0 Å². The van der Waals surface area contributed by atoms with Crippen LogP contribution < -0.4 is 9.46 Å². The van der Waals surface area contributed by atoms with E-state index in [1.807, 2.05) is 19.9 Å². The lowest BCUT2D eigenvalue weighted by Gasteiger charge is -2.10. The van der Waals surface area contributed by atoms with E-state index in [0.29, 0.717) is 23.9 Å². The topological polar surface area (TPSA) is 81.2 Å². The number of nitrogens with zero attached hydrogens (tertiary/aromatic N) is 2. The number of hydrogen-bond acceptors (Lipinski definition) is 5. The summed E-state index contributed by atoms with van der Waals surface area (Å²) in [5.74, 6) is 0.469. The molecule has 0 unspecified atom stereocenters. The molecule has 0 aliphatic heterocycles. The van der Waals surface area contributed by atoms with Gasteiger partial charge in [0, 0.05) is 17.3 Å². The number of rotatable bonds is 7. The van der Waals surface area contributed by atoms with E-state index in [0.717, 1.165) is 17.5 Å². The third-order valence-corrected chi connectivity index (χ3v) is 5.23. The molecule has 0 bridgehead atoms. The lowest BCUT2D eigenvalue weighted by molar-refractivity contribution is 0.302. The highest BCUT2D eigenvalue weighted by Gasteiger charge is 2.14. The fourth-order valence-electron chi connectivity index (χ4n) is 2.43. The average Bonchev–Trinajstić information content (AvgIpc) is 2.67. The van der Waals surface area contributed by atoms with E-state index in [-0.39, 0.29) is 4.90 Å². The Morgan fingerprint density at radius 2 is 1.78 bits per heavy atom. The molecule has 7 heteroatoms. The van der Waals surface area contributed by atoms with Crippen LogP contribution in [0.4, 0.5) is 5.69 Å². The SMILES string of the molecule is CCCOc1ccc(-c2cccc(NS(=O)(=O)c3ccc(C)cc3)c2)nn1. The monoisotopic (exact) mass is 383 g/mol. The Labute approximate surface area is 159 Å². The summed E-state index contributed by atoms with van der Waals surface area (Å²) in [5, 5.41) is 8.20. The van der Waals surface area contributed by atoms with Crippen molar-refractivity contribution >= 4 is 15.7 Å². The first-order chi connectivity index (χ1) is 13.0. The molecule has 1 aromatic heterocycles. The van der Waals surface area contributed by atoms with Crippen molar-refractivity contribution < 1.29 is 13.2 Å². The van der Waals surface area contributed by atoms with Gasteiger partial charge in [0.1, 0.15) is 0 Å². The molecule has 3 aromatic rings. The van der Waals surface area contributed by atoms with Crippen LogP contribution in [0, 0.1) is 6.92 Å². The molecule has 27 heavy (non-hydrogen) atoms. The molecule has 0 saturated heterocycles. The molecule has 3 rings (SSSR count). The van der Waals surface area contributed by atoms with E-state index in [9.17, 15) is 8.42 Å². The molecule has 0 saturated carbocycles. The second-order valence-corrected chi connectivity index (χ2v) is 7.79. The van der Waals surface area contributed by atoms with E-state index in [1.54, 1.807) is 54.6 Å². The van der Waals surface area contributed by atoms with Crippen molar-refractivity contribution in [2.75, 3.05) is 11.3 Å². The second-order valence-electron chi connectivity index (χ2n) is 6.10. The largest absolute Gasteiger partial charge is 0.477 e. The maximum Gasteiger partial charge on any atom is 0.261 e. The van der Waals surface area contributed by atoms with Gasteiger partial charge in [-0.05, 0) is 43.7 Å². The van der Waals surface area contributed by atoms with Gasteiger partial charge >= 0.3 is 0 Å². The lowest BCUT2D eigenvalue weighted by atomic mass is 10.1. The zero-order valence-corrected chi connectivity index (χ0v) is 16.0. The van der Waals surface area contributed by atoms with Gasteiger partial charge in [0.15, 0.2) is 0 Å². The minimum absolute atomic E-state index is 0.218. The Bertz CT molecular complexity index is 1000. The zero-order chi connectivity index (χ0) is 19.3. The van der Waals surface area contributed by atoms with Crippen molar-refractivity contribution in [3.8, 4) is 17.1 Å². The number of ether oxygens (including phenoxy) is 1. The number of aryl methyl sites for hydroxylation is 1. The Kier molecular flexibility index (Phi) is 5.71. The maximum absolute atomic E-state index is 12.6. The van der Waals surface area contributed by atoms with E-state index in [2.05, 4.69) is 14.9 Å². The molecule has 0 aliphatic rings.